The van der Waals surface area contributed by atoms with Gasteiger partial charge >= 0.3 is 5.97 Å². The SMILES string of the molecule is Cc1cn[nH]c1C1CCCCN1Cc1ccccc1C(=O)O. The molecule has 0 spiro atoms. The summed E-state index contributed by atoms with van der Waals surface area (Å²) in [7, 11) is 0. The standard InChI is InChI=1S/C17H21N3O2/c1-12-10-18-19-16(12)15-8-4-5-9-20(15)11-13-6-2-3-7-14(13)17(21)22/h2-3,6-7,10,15H,4-5,8-9,11H2,1H3,(H,18,19)(H,21,22). The van der Waals surface area contributed by atoms with Crippen molar-refractivity contribution in [2.45, 2.75) is 38.8 Å². The monoisotopic (exact) mass is 299 g/mol. The molecule has 1 aromatic heterocycles. The molecule has 1 saturated heterocycles. The Balaban J connectivity index is 1.86. The second kappa shape index (κ2) is 6.32. The van der Waals surface area contributed by atoms with Gasteiger partial charge in [-0.15, -0.1) is 0 Å². The molecule has 1 aromatic carbocycles. The average molecular weight is 299 g/mol. The third-order valence-electron chi connectivity index (χ3n) is 4.44. The first-order valence-electron chi connectivity index (χ1n) is 7.72. The number of likely N-dealkylation sites (tertiary alicyclic amines) is 1. The van der Waals surface area contributed by atoms with Crippen LogP contribution in [0.1, 0.15) is 52.5 Å². The summed E-state index contributed by atoms with van der Waals surface area (Å²) in [4.78, 5) is 13.8. The summed E-state index contributed by atoms with van der Waals surface area (Å²) < 4.78 is 0. The number of hydrogen-bond donors (Lipinski definition) is 2. The number of carbonyl (C=O) groups is 1. The van der Waals surface area contributed by atoms with Crippen LogP contribution < -0.4 is 0 Å². The van der Waals surface area contributed by atoms with E-state index in [2.05, 4.69) is 22.0 Å². The zero-order valence-corrected chi connectivity index (χ0v) is 12.7. The predicted octanol–water partition coefficient (Wildman–Crippen LogP) is 3.14. The first-order chi connectivity index (χ1) is 10.7. The van der Waals surface area contributed by atoms with Crippen molar-refractivity contribution in [1.29, 1.82) is 0 Å². The van der Waals surface area contributed by atoms with Crippen LogP contribution in [-0.2, 0) is 6.54 Å². The minimum absolute atomic E-state index is 0.290. The summed E-state index contributed by atoms with van der Waals surface area (Å²) in [6.45, 7) is 3.71. The molecule has 0 radical (unpaired) electrons. The number of carboxylic acids is 1. The van der Waals surface area contributed by atoms with Crippen molar-refractivity contribution in [1.82, 2.24) is 15.1 Å². The number of benzene rings is 1. The molecule has 1 fully saturated rings. The van der Waals surface area contributed by atoms with Crippen molar-refractivity contribution in [3.63, 3.8) is 0 Å². The van der Waals surface area contributed by atoms with Gasteiger partial charge in [-0.05, 0) is 43.5 Å². The maximum Gasteiger partial charge on any atom is 0.336 e. The van der Waals surface area contributed by atoms with Crippen LogP contribution in [0.2, 0.25) is 0 Å². The number of rotatable bonds is 4. The molecule has 5 nitrogen and oxygen atoms in total. The summed E-state index contributed by atoms with van der Waals surface area (Å²) in [5.74, 6) is -0.859. The molecule has 116 valence electrons. The van der Waals surface area contributed by atoms with E-state index in [0.717, 1.165) is 30.6 Å². The summed E-state index contributed by atoms with van der Waals surface area (Å²) in [6.07, 6.45) is 5.28. The van der Waals surface area contributed by atoms with Gasteiger partial charge in [-0.2, -0.15) is 5.10 Å². The molecule has 2 heterocycles. The second-order valence-electron chi connectivity index (χ2n) is 5.91. The Morgan fingerprint density at radius 1 is 1.41 bits per heavy atom. The van der Waals surface area contributed by atoms with Crippen LogP contribution >= 0.6 is 0 Å². The Morgan fingerprint density at radius 3 is 2.95 bits per heavy atom. The van der Waals surface area contributed by atoms with E-state index in [1.54, 1.807) is 12.1 Å². The highest BCUT2D eigenvalue weighted by Gasteiger charge is 2.27. The van der Waals surface area contributed by atoms with Crippen molar-refractivity contribution >= 4 is 5.97 Å². The first-order valence-corrected chi connectivity index (χ1v) is 7.72. The number of aromatic carboxylic acids is 1. The number of carboxylic acid groups (broad SMARTS) is 1. The molecule has 0 saturated carbocycles. The lowest BCUT2D eigenvalue weighted by Gasteiger charge is -2.35. The average Bonchev–Trinajstić information content (AvgIpc) is 2.94. The number of aryl methyl sites for hydroxylation is 1. The summed E-state index contributed by atoms with van der Waals surface area (Å²) in [6, 6.07) is 7.56. The molecular formula is C17H21N3O2. The minimum Gasteiger partial charge on any atom is -0.478 e. The van der Waals surface area contributed by atoms with Crippen LogP contribution in [0.4, 0.5) is 0 Å². The van der Waals surface area contributed by atoms with Crippen LogP contribution in [0.3, 0.4) is 0 Å². The Kier molecular flexibility index (Phi) is 4.24. The van der Waals surface area contributed by atoms with Crippen molar-refractivity contribution in [2.24, 2.45) is 0 Å². The Labute approximate surface area is 130 Å². The molecular weight excluding hydrogens is 278 g/mol. The lowest BCUT2D eigenvalue weighted by molar-refractivity contribution is 0.0692. The largest absolute Gasteiger partial charge is 0.478 e. The molecule has 1 atom stereocenters. The fourth-order valence-corrected chi connectivity index (χ4v) is 3.29. The molecule has 0 amide bonds. The summed E-state index contributed by atoms with van der Waals surface area (Å²) >= 11 is 0. The highest BCUT2D eigenvalue weighted by Crippen LogP contribution is 2.32. The number of aromatic nitrogens is 2. The molecule has 2 N–H and O–H groups in total. The zero-order valence-electron chi connectivity index (χ0n) is 12.7. The summed E-state index contributed by atoms with van der Waals surface area (Å²) in [5.41, 5.74) is 3.60. The van der Waals surface area contributed by atoms with Crippen molar-refractivity contribution in [2.75, 3.05) is 6.54 Å². The van der Waals surface area contributed by atoms with Gasteiger partial charge in [0.25, 0.3) is 0 Å². The fraction of sp³-hybridized carbons (Fsp3) is 0.412. The summed E-state index contributed by atoms with van der Waals surface area (Å²) in [5, 5.41) is 16.6. The van der Waals surface area contributed by atoms with E-state index < -0.39 is 5.97 Å². The van der Waals surface area contributed by atoms with Crippen molar-refractivity contribution < 1.29 is 9.90 Å². The quantitative estimate of drug-likeness (QED) is 0.910. The van der Waals surface area contributed by atoms with Crippen LogP contribution in [-0.4, -0.2) is 32.7 Å². The van der Waals surface area contributed by atoms with Gasteiger partial charge in [0.1, 0.15) is 0 Å². The smallest absolute Gasteiger partial charge is 0.336 e. The highest BCUT2D eigenvalue weighted by molar-refractivity contribution is 5.89. The molecule has 1 aliphatic rings. The fourth-order valence-electron chi connectivity index (χ4n) is 3.29. The van der Waals surface area contributed by atoms with Crippen LogP contribution in [0, 0.1) is 6.92 Å². The van der Waals surface area contributed by atoms with Gasteiger partial charge in [-0.25, -0.2) is 4.79 Å². The molecule has 0 bridgehead atoms. The van der Waals surface area contributed by atoms with Crippen LogP contribution in [0.15, 0.2) is 30.5 Å². The van der Waals surface area contributed by atoms with Crippen molar-refractivity contribution in [3.05, 3.63) is 52.8 Å². The first kappa shape index (κ1) is 14.8. The molecule has 2 aromatic rings. The lowest BCUT2D eigenvalue weighted by Crippen LogP contribution is -2.34. The maximum absolute atomic E-state index is 11.4. The Morgan fingerprint density at radius 2 is 2.23 bits per heavy atom. The van der Waals surface area contributed by atoms with E-state index >= 15 is 0 Å². The van der Waals surface area contributed by atoms with Crippen molar-refractivity contribution in [3.8, 4) is 0 Å². The van der Waals surface area contributed by atoms with E-state index in [4.69, 9.17) is 0 Å². The molecule has 3 rings (SSSR count). The predicted molar refractivity (Wildman–Crippen MR) is 83.7 cm³/mol. The number of nitrogens with one attached hydrogen (secondary N) is 1. The number of piperidine rings is 1. The van der Waals surface area contributed by atoms with E-state index in [1.807, 2.05) is 18.3 Å². The molecule has 0 aliphatic carbocycles. The van der Waals surface area contributed by atoms with Gasteiger partial charge in [0.15, 0.2) is 0 Å². The van der Waals surface area contributed by atoms with Gasteiger partial charge in [0.2, 0.25) is 0 Å². The molecule has 1 unspecified atom stereocenters. The Hall–Kier alpha value is -2.14. The third kappa shape index (κ3) is 2.90. The Bertz CT molecular complexity index is 665. The number of H-pyrrole nitrogens is 1. The second-order valence-corrected chi connectivity index (χ2v) is 5.91. The van der Waals surface area contributed by atoms with E-state index in [-0.39, 0.29) is 6.04 Å². The topological polar surface area (TPSA) is 69.2 Å². The lowest BCUT2D eigenvalue weighted by atomic mass is 9.96. The van der Waals surface area contributed by atoms with E-state index in [0.29, 0.717) is 12.1 Å². The molecule has 5 heteroatoms. The van der Waals surface area contributed by atoms with Gasteiger partial charge < -0.3 is 5.11 Å². The minimum atomic E-state index is -0.859. The normalized spacial score (nSPS) is 19.2. The van der Waals surface area contributed by atoms with Crippen LogP contribution in [0.5, 0.6) is 0 Å². The molecule has 22 heavy (non-hydrogen) atoms. The molecule has 1 aliphatic heterocycles. The van der Waals surface area contributed by atoms with Crippen LogP contribution in [0.25, 0.3) is 0 Å². The van der Waals surface area contributed by atoms with E-state index in [9.17, 15) is 9.90 Å². The van der Waals surface area contributed by atoms with Gasteiger partial charge in [0.05, 0.1) is 23.5 Å². The third-order valence-corrected chi connectivity index (χ3v) is 4.44. The maximum atomic E-state index is 11.4. The van der Waals surface area contributed by atoms with Gasteiger partial charge in [-0.3, -0.25) is 10.00 Å². The van der Waals surface area contributed by atoms with E-state index in [1.165, 1.54) is 12.0 Å². The number of hydrogen-bond acceptors (Lipinski definition) is 3. The highest BCUT2D eigenvalue weighted by atomic mass is 16.4. The van der Waals surface area contributed by atoms with Gasteiger partial charge in [-0.1, -0.05) is 24.6 Å². The zero-order chi connectivity index (χ0) is 15.5. The number of nitrogens with zero attached hydrogens (tertiary/aromatic N) is 2. The van der Waals surface area contributed by atoms with Gasteiger partial charge in [0, 0.05) is 6.54 Å². The number of aromatic amines is 1.